The van der Waals surface area contributed by atoms with Crippen molar-refractivity contribution in [1.82, 2.24) is 0 Å². The number of esters is 2. The van der Waals surface area contributed by atoms with Crippen LogP contribution in [0.25, 0.3) is 10.8 Å². The first-order valence-electron chi connectivity index (χ1n) is 9.84. The summed E-state index contributed by atoms with van der Waals surface area (Å²) in [5.41, 5.74) is 1.64. The summed E-state index contributed by atoms with van der Waals surface area (Å²) in [6, 6.07) is 18.6. The van der Waals surface area contributed by atoms with Gasteiger partial charge in [-0.2, -0.15) is 0 Å². The maximum Gasteiger partial charge on any atom is 0.338 e. The Morgan fingerprint density at radius 3 is 2.00 bits per heavy atom. The fraction of sp³-hybridized carbons (Fsp3) is 0.154. The second-order valence-electron chi connectivity index (χ2n) is 7.17. The predicted molar refractivity (Wildman–Crippen MR) is 120 cm³/mol. The topological polar surface area (TPSA) is 61.8 Å². The number of rotatable bonds is 8. The quantitative estimate of drug-likeness (QED) is 0.279. The summed E-state index contributed by atoms with van der Waals surface area (Å²) in [7, 11) is 0. The standard InChI is InChI=1S/C26H24O5/c1-17(2)25(27)30-22-16-23(29-15-14-19-10-6-5-7-11-19)24(31-26(28)18(3)4)21-13-9-8-12-20(21)22/h5-13,16H,1,3,14-15H2,2,4H3. The van der Waals surface area contributed by atoms with E-state index in [9.17, 15) is 9.59 Å². The molecule has 0 aliphatic carbocycles. The first-order chi connectivity index (χ1) is 14.9. The van der Waals surface area contributed by atoms with Gasteiger partial charge in [0.2, 0.25) is 0 Å². The third-order valence-electron chi connectivity index (χ3n) is 4.51. The van der Waals surface area contributed by atoms with E-state index < -0.39 is 11.9 Å². The molecule has 0 fully saturated rings. The lowest BCUT2D eigenvalue weighted by molar-refractivity contribution is -0.131. The van der Waals surface area contributed by atoms with Crippen LogP contribution in [0.1, 0.15) is 19.4 Å². The van der Waals surface area contributed by atoms with Gasteiger partial charge in [-0.1, -0.05) is 67.8 Å². The molecule has 3 aromatic rings. The van der Waals surface area contributed by atoms with Crippen LogP contribution >= 0.6 is 0 Å². The second-order valence-corrected chi connectivity index (χ2v) is 7.17. The number of carbonyl (C=O) groups excluding carboxylic acids is 2. The van der Waals surface area contributed by atoms with E-state index in [1.165, 1.54) is 0 Å². The van der Waals surface area contributed by atoms with E-state index in [0.29, 0.717) is 35.3 Å². The molecule has 0 aliphatic rings. The van der Waals surface area contributed by atoms with Crippen molar-refractivity contribution in [3.63, 3.8) is 0 Å². The summed E-state index contributed by atoms with van der Waals surface area (Å²) < 4.78 is 17.1. The van der Waals surface area contributed by atoms with Crippen molar-refractivity contribution in [2.75, 3.05) is 6.61 Å². The van der Waals surface area contributed by atoms with Gasteiger partial charge < -0.3 is 14.2 Å². The van der Waals surface area contributed by atoms with Gasteiger partial charge in [-0.05, 0) is 19.4 Å². The molecule has 0 aliphatic heterocycles. The fourth-order valence-corrected chi connectivity index (χ4v) is 2.88. The van der Waals surface area contributed by atoms with E-state index in [1.807, 2.05) is 30.3 Å². The van der Waals surface area contributed by atoms with Crippen LogP contribution in [0.4, 0.5) is 0 Å². The third kappa shape index (κ3) is 5.39. The summed E-state index contributed by atoms with van der Waals surface area (Å²) in [6.45, 7) is 10.8. The number of fused-ring (bicyclic) bond motifs is 1. The number of carbonyl (C=O) groups is 2. The van der Waals surface area contributed by atoms with Crippen LogP contribution in [0.3, 0.4) is 0 Å². The number of hydrogen-bond donors (Lipinski definition) is 0. The molecule has 0 spiro atoms. The van der Waals surface area contributed by atoms with Crippen molar-refractivity contribution in [3.8, 4) is 17.2 Å². The Bertz CT molecular complexity index is 1150. The maximum absolute atomic E-state index is 12.3. The van der Waals surface area contributed by atoms with Gasteiger partial charge >= 0.3 is 11.9 Å². The smallest absolute Gasteiger partial charge is 0.338 e. The van der Waals surface area contributed by atoms with Crippen LogP contribution in [-0.2, 0) is 16.0 Å². The average Bonchev–Trinajstić information content (AvgIpc) is 2.76. The minimum absolute atomic E-state index is 0.256. The summed E-state index contributed by atoms with van der Waals surface area (Å²) in [4.78, 5) is 24.4. The molecular formula is C26H24O5. The highest BCUT2D eigenvalue weighted by molar-refractivity contribution is 6.01. The van der Waals surface area contributed by atoms with Gasteiger partial charge in [0.25, 0.3) is 0 Å². The Hall–Kier alpha value is -3.86. The lowest BCUT2D eigenvalue weighted by Crippen LogP contribution is -2.12. The first kappa shape index (κ1) is 21.8. The van der Waals surface area contributed by atoms with Crippen molar-refractivity contribution in [2.24, 2.45) is 0 Å². The first-order valence-corrected chi connectivity index (χ1v) is 9.84. The molecular weight excluding hydrogens is 392 g/mol. The summed E-state index contributed by atoms with van der Waals surface area (Å²) in [6.07, 6.45) is 0.655. The molecule has 5 heteroatoms. The lowest BCUT2D eigenvalue weighted by Gasteiger charge is -2.17. The van der Waals surface area contributed by atoms with Crippen LogP contribution in [0.15, 0.2) is 85.0 Å². The second kappa shape index (κ2) is 9.76. The molecule has 0 bridgehead atoms. The largest absolute Gasteiger partial charge is 0.489 e. The average molecular weight is 416 g/mol. The molecule has 0 unspecified atom stereocenters. The molecule has 5 nitrogen and oxygen atoms in total. The van der Waals surface area contributed by atoms with Crippen LogP contribution in [0.2, 0.25) is 0 Å². The Kier molecular flexibility index (Phi) is 6.88. The lowest BCUT2D eigenvalue weighted by atomic mass is 10.1. The molecule has 0 atom stereocenters. The van der Waals surface area contributed by atoms with E-state index in [2.05, 4.69) is 13.2 Å². The monoisotopic (exact) mass is 416 g/mol. The molecule has 0 saturated carbocycles. The molecule has 3 aromatic carbocycles. The molecule has 0 N–H and O–H groups in total. The zero-order chi connectivity index (χ0) is 22.4. The van der Waals surface area contributed by atoms with E-state index >= 15 is 0 Å². The highest BCUT2D eigenvalue weighted by atomic mass is 16.6. The predicted octanol–water partition coefficient (Wildman–Crippen LogP) is 5.42. The van der Waals surface area contributed by atoms with Gasteiger partial charge in [0.1, 0.15) is 5.75 Å². The molecule has 0 aromatic heterocycles. The van der Waals surface area contributed by atoms with Crippen molar-refractivity contribution in [3.05, 3.63) is 90.5 Å². The van der Waals surface area contributed by atoms with Crippen LogP contribution in [0, 0.1) is 0 Å². The van der Waals surface area contributed by atoms with Gasteiger partial charge in [-0.25, -0.2) is 9.59 Å². The van der Waals surface area contributed by atoms with Crippen LogP contribution in [0.5, 0.6) is 17.2 Å². The molecule has 3 rings (SSSR count). The Morgan fingerprint density at radius 1 is 0.774 bits per heavy atom. The summed E-state index contributed by atoms with van der Waals surface area (Å²) >= 11 is 0. The zero-order valence-corrected chi connectivity index (χ0v) is 17.6. The molecule has 158 valence electrons. The maximum atomic E-state index is 12.3. The van der Waals surface area contributed by atoms with Crippen molar-refractivity contribution in [1.29, 1.82) is 0 Å². The Morgan fingerprint density at radius 2 is 1.35 bits per heavy atom. The van der Waals surface area contributed by atoms with Gasteiger partial charge in [-0.15, -0.1) is 0 Å². The molecule has 0 radical (unpaired) electrons. The van der Waals surface area contributed by atoms with Gasteiger partial charge in [0.05, 0.1) is 6.61 Å². The third-order valence-corrected chi connectivity index (χ3v) is 4.51. The van der Waals surface area contributed by atoms with E-state index in [1.54, 1.807) is 44.2 Å². The molecule has 0 amide bonds. The number of benzene rings is 3. The highest BCUT2D eigenvalue weighted by Gasteiger charge is 2.20. The molecule has 31 heavy (non-hydrogen) atoms. The highest BCUT2D eigenvalue weighted by Crippen LogP contribution is 2.42. The fourth-order valence-electron chi connectivity index (χ4n) is 2.88. The zero-order valence-electron chi connectivity index (χ0n) is 17.6. The van der Waals surface area contributed by atoms with E-state index in [4.69, 9.17) is 14.2 Å². The number of hydrogen-bond acceptors (Lipinski definition) is 5. The summed E-state index contributed by atoms with van der Waals surface area (Å²) in [5, 5.41) is 1.19. The Balaban J connectivity index is 2.02. The molecule has 0 heterocycles. The van der Waals surface area contributed by atoms with Crippen LogP contribution in [-0.4, -0.2) is 18.5 Å². The minimum atomic E-state index is -0.565. The van der Waals surface area contributed by atoms with Gasteiger partial charge in [-0.3, -0.25) is 0 Å². The summed E-state index contributed by atoms with van der Waals surface area (Å²) in [5.74, 6) is -0.259. The van der Waals surface area contributed by atoms with E-state index in [0.717, 1.165) is 5.56 Å². The number of ether oxygens (including phenoxy) is 3. The molecule has 0 saturated heterocycles. The normalized spacial score (nSPS) is 10.4. The van der Waals surface area contributed by atoms with E-state index in [-0.39, 0.29) is 16.9 Å². The van der Waals surface area contributed by atoms with Gasteiger partial charge in [0.15, 0.2) is 11.5 Å². The van der Waals surface area contributed by atoms with Gasteiger partial charge in [0, 0.05) is 34.4 Å². The van der Waals surface area contributed by atoms with Crippen molar-refractivity contribution < 1.29 is 23.8 Å². The van der Waals surface area contributed by atoms with Crippen LogP contribution < -0.4 is 14.2 Å². The van der Waals surface area contributed by atoms with Crippen molar-refractivity contribution in [2.45, 2.75) is 20.3 Å². The SMILES string of the molecule is C=C(C)C(=O)Oc1cc(OCCc2ccccc2)c(OC(=O)C(=C)C)c2ccccc12. The van der Waals surface area contributed by atoms with Crippen molar-refractivity contribution >= 4 is 22.7 Å². The Labute approximate surface area is 181 Å². The minimum Gasteiger partial charge on any atom is -0.489 e.